The van der Waals surface area contributed by atoms with Gasteiger partial charge in [-0.1, -0.05) is 24.3 Å². The number of rotatable bonds is 3. The zero-order valence-electron chi connectivity index (χ0n) is 13.5. The summed E-state index contributed by atoms with van der Waals surface area (Å²) in [6.45, 7) is 2.01. The molecule has 118 valence electrons. The Morgan fingerprint density at radius 3 is 2.57 bits per heavy atom. The number of benzene rings is 2. The van der Waals surface area contributed by atoms with Crippen molar-refractivity contribution in [2.75, 3.05) is 14.1 Å². The maximum Gasteiger partial charge on any atom is 0.317 e. The van der Waals surface area contributed by atoms with E-state index < -0.39 is 0 Å². The van der Waals surface area contributed by atoms with Gasteiger partial charge in [0.25, 0.3) is 0 Å². The zero-order chi connectivity index (χ0) is 16.4. The second-order valence-corrected chi connectivity index (χ2v) is 5.54. The average Bonchev–Trinajstić information content (AvgIpc) is 3.04. The van der Waals surface area contributed by atoms with Crippen molar-refractivity contribution < 1.29 is 4.79 Å². The molecular formula is C18H20N4O. The number of hydrogen-bond donors (Lipinski definition) is 1. The number of hydrogen-bond acceptors (Lipinski definition) is 2. The van der Waals surface area contributed by atoms with Crippen molar-refractivity contribution >= 4 is 17.1 Å². The lowest BCUT2D eigenvalue weighted by molar-refractivity contribution is 0.197. The molecule has 2 aromatic carbocycles. The highest BCUT2D eigenvalue weighted by atomic mass is 16.2. The van der Waals surface area contributed by atoms with Gasteiger partial charge in [0.2, 0.25) is 0 Å². The topological polar surface area (TPSA) is 50.2 Å². The van der Waals surface area contributed by atoms with Crippen LogP contribution in [0.25, 0.3) is 16.7 Å². The third-order valence-electron chi connectivity index (χ3n) is 4.22. The Bertz CT molecular complexity index is 822. The Labute approximate surface area is 135 Å². The van der Waals surface area contributed by atoms with Crippen molar-refractivity contribution in [2.24, 2.45) is 0 Å². The van der Waals surface area contributed by atoms with Crippen molar-refractivity contribution in [1.29, 1.82) is 0 Å². The average molecular weight is 308 g/mol. The van der Waals surface area contributed by atoms with Gasteiger partial charge < -0.3 is 10.2 Å². The maximum absolute atomic E-state index is 11.7. The van der Waals surface area contributed by atoms with Crippen LogP contribution < -0.4 is 5.32 Å². The van der Waals surface area contributed by atoms with Crippen LogP contribution >= 0.6 is 0 Å². The molecule has 0 aliphatic rings. The minimum absolute atomic E-state index is 0.00327. The molecule has 2 amide bonds. The van der Waals surface area contributed by atoms with Crippen molar-refractivity contribution in [1.82, 2.24) is 19.8 Å². The number of carbonyl (C=O) groups is 1. The van der Waals surface area contributed by atoms with Gasteiger partial charge in [-0.05, 0) is 36.8 Å². The summed E-state index contributed by atoms with van der Waals surface area (Å²) in [5, 5.41) is 2.64. The smallest absolute Gasteiger partial charge is 0.317 e. The first-order chi connectivity index (χ1) is 11.1. The van der Waals surface area contributed by atoms with Crippen LogP contribution in [-0.2, 0) is 0 Å². The summed E-state index contributed by atoms with van der Waals surface area (Å²) >= 11 is 0. The van der Waals surface area contributed by atoms with Gasteiger partial charge in [0, 0.05) is 19.8 Å². The number of amides is 2. The molecule has 1 heterocycles. The quantitative estimate of drug-likeness (QED) is 0.806. The largest absolute Gasteiger partial charge is 0.341 e. The summed E-state index contributed by atoms with van der Waals surface area (Å²) in [6, 6.07) is 16.2. The first kappa shape index (κ1) is 15.1. The highest BCUT2D eigenvalue weighted by molar-refractivity contribution is 5.77. The number of urea groups is 1. The van der Waals surface area contributed by atoms with E-state index in [9.17, 15) is 4.79 Å². The Hall–Kier alpha value is -2.82. The highest BCUT2D eigenvalue weighted by Gasteiger charge is 2.16. The SMILES string of the molecule is CNC(=O)N(C)[C@@H](C)c1ccc(-n2cnc3ccccc32)cc1. The highest BCUT2D eigenvalue weighted by Crippen LogP contribution is 2.22. The van der Waals surface area contributed by atoms with Crippen LogP contribution in [0.5, 0.6) is 0 Å². The van der Waals surface area contributed by atoms with Crippen LogP contribution in [0.2, 0.25) is 0 Å². The number of imidazole rings is 1. The Balaban J connectivity index is 1.89. The summed E-state index contributed by atoms with van der Waals surface area (Å²) in [6.07, 6.45) is 1.83. The van der Waals surface area contributed by atoms with Crippen LogP contribution in [0.1, 0.15) is 18.5 Å². The van der Waals surface area contributed by atoms with E-state index >= 15 is 0 Å². The van der Waals surface area contributed by atoms with Crippen LogP contribution in [0.4, 0.5) is 4.79 Å². The Morgan fingerprint density at radius 2 is 1.87 bits per heavy atom. The molecule has 1 N–H and O–H groups in total. The number of carbonyl (C=O) groups excluding carboxylic acids is 1. The lowest BCUT2D eigenvalue weighted by Gasteiger charge is -2.25. The minimum atomic E-state index is -0.0952. The first-order valence-electron chi connectivity index (χ1n) is 7.59. The van der Waals surface area contributed by atoms with E-state index in [-0.39, 0.29) is 12.1 Å². The fourth-order valence-corrected chi connectivity index (χ4v) is 2.65. The molecule has 0 unspecified atom stereocenters. The number of aromatic nitrogens is 2. The van der Waals surface area contributed by atoms with Crippen LogP contribution in [-0.4, -0.2) is 34.6 Å². The third kappa shape index (κ3) is 2.77. The molecule has 5 heteroatoms. The normalized spacial score (nSPS) is 12.1. The predicted molar refractivity (Wildman–Crippen MR) is 91.7 cm³/mol. The maximum atomic E-state index is 11.7. The summed E-state index contributed by atoms with van der Waals surface area (Å²) in [5.74, 6) is 0. The van der Waals surface area contributed by atoms with Gasteiger partial charge in [0.1, 0.15) is 6.33 Å². The van der Waals surface area contributed by atoms with Crippen molar-refractivity contribution in [3.8, 4) is 5.69 Å². The third-order valence-corrected chi connectivity index (χ3v) is 4.22. The summed E-state index contributed by atoms with van der Waals surface area (Å²) in [4.78, 5) is 17.8. The summed E-state index contributed by atoms with van der Waals surface area (Å²) in [5.41, 5.74) is 4.20. The molecule has 0 spiro atoms. The molecule has 1 atom stereocenters. The van der Waals surface area contributed by atoms with Gasteiger partial charge in [-0.15, -0.1) is 0 Å². The molecule has 23 heavy (non-hydrogen) atoms. The molecule has 0 saturated carbocycles. The predicted octanol–water partition coefficient (Wildman–Crippen LogP) is 3.36. The zero-order valence-corrected chi connectivity index (χ0v) is 13.5. The fourth-order valence-electron chi connectivity index (χ4n) is 2.65. The van der Waals surface area contributed by atoms with Crippen LogP contribution in [0, 0.1) is 0 Å². The Kier molecular flexibility index (Phi) is 4.02. The molecule has 0 aliphatic heterocycles. The standard InChI is InChI=1S/C18H20N4O/c1-13(21(3)18(23)19-2)14-8-10-15(11-9-14)22-12-20-16-6-4-5-7-17(16)22/h4-13H,1-3H3,(H,19,23)/t13-/m0/s1. The van der Waals surface area contributed by atoms with E-state index in [1.54, 1.807) is 19.0 Å². The van der Waals surface area contributed by atoms with Gasteiger partial charge >= 0.3 is 6.03 Å². The molecular weight excluding hydrogens is 288 g/mol. The van der Waals surface area contributed by atoms with Crippen molar-refractivity contribution in [2.45, 2.75) is 13.0 Å². The molecule has 3 rings (SSSR count). The minimum Gasteiger partial charge on any atom is -0.341 e. The second-order valence-electron chi connectivity index (χ2n) is 5.54. The van der Waals surface area contributed by atoms with Gasteiger partial charge in [-0.25, -0.2) is 9.78 Å². The van der Waals surface area contributed by atoms with E-state index in [2.05, 4.69) is 33.1 Å². The van der Waals surface area contributed by atoms with Crippen molar-refractivity contribution in [3.05, 3.63) is 60.4 Å². The molecule has 0 radical (unpaired) electrons. The van der Waals surface area contributed by atoms with E-state index in [0.717, 1.165) is 22.3 Å². The van der Waals surface area contributed by atoms with Crippen LogP contribution in [0.15, 0.2) is 54.9 Å². The molecule has 0 bridgehead atoms. The van der Waals surface area contributed by atoms with Gasteiger partial charge in [-0.2, -0.15) is 0 Å². The van der Waals surface area contributed by atoms with E-state index in [1.807, 2.05) is 43.6 Å². The second kappa shape index (κ2) is 6.12. The molecule has 1 aromatic heterocycles. The monoisotopic (exact) mass is 308 g/mol. The molecule has 5 nitrogen and oxygen atoms in total. The molecule has 3 aromatic rings. The molecule has 0 fully saturated rings. The first-order valence-corrected chi connectivity index (χ1v) is 7.59. The van der Waals surface area contributed by atoms with Crippen LogP contribution in [0.3, 0.4) is 0 Å². The van der Waals surface area contributed by atoms with Gasteiger partial charge in [0.15, 0.2) is 0 Å². The number of fused-ring (bicyclic) bond motifs is 1. The number of nitrogens with zero attached hydrogens (tertiary/aromatic N) is 3. The van der Waals surface area contributed by atoms with E-state index in [4.69, 9.17) is 0 Å². The van der Waals surface area contributed by atoms with Crippen molar-refractivity contribution in [3.63, 3.8) is 0 Å². The fraction of sp³-hybridized carbons (Fsp3) is 0.222. The lowest BCUT2D eigenvalue weighted by Crippen LogP contribution is -2.36. The molecule has 0 aliphatic carbocycles. The Morgan fingerprint density at radius 1 is 1.17 bits per heavy atom. The van der Waals surface area contributed by atoms with Gasteiger partial charge in [-0.3, -0.25) is 4.57 Å². The van der Waals surface area contributed by atoms with Gasteiger partial charge in [0.05, 0.1) is 17.1 Å². The lowest BCUT2D eigenvalue weighted by atomic mass is 10.1. The van der Waals surface area contributed by atoms with E-state index in [0.29, 0.717) is 0 Å². The number of nitrogens with one attached hydrogen (secondary N) is 1. The summed E-state index contributed by atoms with van der Waals surface area (Å²) in [7, 11) is 3.43. The summed E-state index contributed by atoms with van der Waals surface area (Å²) < 4.78 is 2.06. The van der Waals surface area contributed by atoms with E-state index in [1.165, 1.54) is 0 Å². The number of para-hydroxylation sites is 2. The molecule has 0 saturated heterocycles.